The van der Waals surface area contributed by atoms with Crippen molar-refractivity contribution in [3.05, 3.63) is 23.8 Å². The SMILES string of the molecule is COc1cc(C[NH2+]C2CCCCC2)ccc1OC(C)C. The summed E-state index contributed by atoms with van der Waals surface area (Å²) in [5.74, 6) is 1.68. The molecule has 0 radical (unpaired) electrons. The fourth-order valence-electron chi connectivity index (χ4n) is 2.86. The molecule has 0 aliphatic heterocycles. The Kier molecular flexibility index (Phi) is 5.72. The molecule has 20 heavy (non-hydrogen) atoms. The van der Waals surface area contributed by atoms with Crippen LogP contribution in [0.3, 0.4) is 0 Å². The predicted octanol–water partition coefficient (Wildman–Crippen LogP) is 2.88. The highest BCUT2D eigenvalue weighted by Gasteiger charge is 2.16. The standard InChI is InChI=1S/C17H27NO2/c1-13(2)20-16-10-9-14(11-17(16)19-3)12-18-15-7-5-4-6-8-15/h9-11,13,15,18H,4-8,12H2,1-3H3/p+1. The molecule has 1 aliphatic rings. The Morgan fingerprint density at radius 3 is 2.55 bits per heavy atom. The lowest BCUT2D eigenvalue weighted by molar-refractivity contribution is -0.706. The van der Waals surface area contributed by atoms with Crippen LogP contribution in [-0.2, 0) is 6.54 Å². The van der Waals surface area contributed by atoms with Gasteiger partial charge in [0, 0.05) is 5.56 Å². The van der Waals surface area contributed by atoms with Crippen molar-refractivity contribution in [2.24, 2.45) is 0 Å². The third-order valence-corrected chi connectivity index (χ3v) is 3.93. The normalized spacial score (nSPS) is 16.4. The molecule has 0 amide bonds. The van der Waals surface area contributed by atoms with Crippen molar-refractivity contribution in [1.82, 2.24) is 0 Å². The molecule has 0 bridgehead atoms. The number of quaternary nitrogens is 1. The third-order valence-electron chi connectivity index (χ3n) is 3.93. The summed E-state index contributed by atoms with van der Waals surface area (Å²) in [5, 5.41) is 2.48. The number of rotatable bonds is 6. The Balaban J connectivity index is 1.94. The third kappa shape index (κ3) is 4.41. The van der Waals surface area contributed by atoms with Gasteiger partial charge in [-0.1, -0.05) is 6.42 Å². The lowest BCUT2D eigenvalue weighted by atomic mass is 9.95. The van der Waals surface area contributed by atoms with Crippen molar-refractivity contribution in [3.63, 3.8) is 0 Å². The van der Waals surface area contributed by atoms with E-state index in [2.05, 4.69) is 17.4 Å². The maximum absolute atomic E-state index is 5.75. The Hall–Kier alpha value is -1.22. The largest absolute Gasteiger partial charge is 0.493 e. The molecule has 0 saturated heterocycles. The van der Waals surface area contributed by atoms with Gasteiger partial charge in [0.1, 0.15) is 6.54 Å². The predicted molar refractivity (Wildman–Crippen MR) is 81.3 cm³/mol. The molecule has 0 spiro atoms. The van der Waals surface area contributed by atoms with E-state index < -0.39 is 0 Å². The van der Waals surface area contributed by atoms with E-state index in [-0.39, 0.29) is 6.10 Å². The van der Waals surface area contributed by atoms with E-state index in [1.165, 1.54) is 37.7 Å². The summed E-state index contributed by atoms with van der Waals surface area (Å²) >= 11 is 0. The fourth-order valence-corrected chi connectivity index (χ4v) is 2.86. The summed E-state index contributed by atoms with van der Waals surface area (Å²) in [7, 11) is 1.71. The van der Waals surface area contributed by atoms with Crippen molar-refractivity contribution in [1.29, 1.82) is 0 Å². The van der Waals surface area contributed by atoms with Crippen molar-refractivity contribution in [2.75, 3.05) is 7.11 Å². The highest BCUT2D eigenvalue weighted by atomic mass is 16.5. The van der Waals surface area contributed by atoms with E-state index in [0.717, 1.165) is 24.1 Å². The van der Waals surface area contributed by atoms with Crippen LogP contribution in [0.1, 0.15) is 51.5 Å². The quantitative estimate of drug-likeness (QED) is 0.868. The molecule has 1 aromatic rings. The maximum atomic E-state index is 5.75. The van der Waals surface area contributed by atoms with Crippen LogP contribution in [0.25, 0.3) is 0 Å². The molecule has 3 nitrogen and oxygen atoms in total. The summed E-state index contributed by atoms with van der Waals surface area (Å²) in [6.45, 7) is 5.09. The molecule has 0 heterocycles. The molecule has 1 fully saturated rings. The van der Waals surface area contributed by atoms with Crippen LogP contribution in [0, 0.1) is 0 Å². The smallest absolute Gasteiger partial charge is 0.161 e. The average molecular weight is 278 g/mol. The number of hydrogen-bond acceptors (Lipinski definition) is 2. The molecule has 2 N–H and O–H groups in total. The summed E-state index contributed by atoms with van der Waals surface area (Å²) in [5.41, 5.74) is 1.31. The Labute approximate surface area is 122 Å². The van der Waals surface area contributed by atoms with Gasteiger partial charge in [-0.3, -0.25) is 0 Å². The van der Waals surface area contributed by atoms with Crippen molar-refractivity contribution in [3.8, 4) is 11.5 Å². The summed E-state index contributed by atoms with van der Waals surface area (Å²) in [6, 6.07) is 7.10. The van der Waals surface area contributed by atoms with Crippen LogP contribution in [0.15, 0.2) is 18.2 Å². The zero-order valence-corrected chi connectivity index (χ0v) is 13.0. The molecular weight excluding hydrogens is 250 g/mol. The lowest BCUT2D eigenvalue weighted by Crippen LogP contribution is -2.88. The van der Waals surface area contributed by atoms with Crippen LogP contribution in [0.4, 0.5) is 0 Å². The zero-order chi connectivity index (χ0) is 14.4. The van der Waals surface area contributed by atoms with E-state index in [0.29, 0.717) is 0 Å². The van der Waals surface area contributed by atoms with Gasteiger partial charge in [0.25, 0.3) is 0 Å². The van der Waals surface area contributed by atoms with Gasteiger partial charge in [-0.25, -0.2) is 0 Å². The Morgan fingerprint density at radius 2 is 1.90 bits per heavy atom. The summed E-state index contributed by atoms with van der Waals surface area (Å²) in [4.78, 5) is 0. The lowest BCUT2D eigenvalue weighted by Gasteiger charge is -2.20. The van der Waals surface area contributed by atoms with E-state index in [4.69, 9.17) is 9.47 Å². The molecule has 0 unspecified atom stereocenters. The minimum atomic E-state index is 0.170. The zero-order valence-electron chi connectivity index (χ0n) is 13.0. The van der Waals surface area contributed by atoms with Gasteiger partial charge in [-0.2, -0.15) is 0 Å². The average Bonchev–Trinajstić information content (AvgIpc) is 2.46. The van der Waals surface area contributed by atoms with Gasteiger partial charge in [-0.15, -0.1) is 0 Å². The first kappa shape index (κ1) is 15.2. The number of hydrogen-bond donors (Lipinski definition) is 1. The summed E-state index contributed by atoms with van der Waals surface area (Å²) in [6.07, 6.45) is 7.11. The van der Waals surface area contributed by atoms with E-state index in [1.807, 2.05) is 19.9 Å². The highest BCUT2D eigenvalue weighted by molar-refractivity contribution is 5.42. The second kappa shape index (κ2) is 7.53. The van der Waals surface area contributed by atoms with E-state index >= 15 is 0 Å². The fraction of sp³-hybridized carbons (Fsp3) is 0.647. The molecular formula is C17H28NO2+. The number of benzene rings is 1. The molecule has 1 aromatic carbocycles. The van der Waals surface area contributed by atoms with Gasteiger partial charge in [-0.05, 0) is 57.7 Å². The molecule has 0 atom stereocenters. The van der Waals surface area contributed by atoms with Gasteiger partial charge in [0.2, 0.25) is 0 Å². The Bertz CT molecular complexity index is 411. The van der Waals surface area contributed by atoms with Gasteiger partial charge < -0.3 is 14.8 Å². The van der Waals surface area contributed by atoms with E-state index in [1.54, 1.807) is 7.11 Å². The molecule has 3 heteroatoms. The van der Waals surface area contributed by atoms with Crippen LogP contribution in [0.5, 0.6) is 11.5 Å². The first-order chi connectivity index (χ1) is 9.69. The van der Waals surface area contributed by atoms with E-state index in [9.17, 15) is 0 Å². The monoisotopic (exact) mass is 278 g/mol. The van der Waals surface area contributed by atoms with Gasteiger partial charge >= 0.3 is 0 Å². The second-order valence-corrected chi connectivity index (χ2v) is 5.99. The molecule has 112 valence electrons. The maximum Gasteiger partial charge on any atom is 0.161 e. The number of nitrogens with two attached hydrogens (primary N) is 1. The molecule has 1 aliphatic carbocycles. The number of methoxy groups -OCH3 is 1. The summed E-state index contributed by atoms with van der Waals surface area (Å²) < 4.78 is 11.2. The van der Waals surface area contributed by atoms with Crippen LogP contribution in [0.2, 0.25) is 0 Å². The Morgan fingerprint density at radius 1 is 1.15 bits per heavy atom. The second-order valence-electron chi connectivity index (χ2n) is 5.99. The first-order valence-corrected chi connectivity index (χ1v) is 7.86. The molecule has 2 rings (SSSR count). The first-order valence-electron chi connectivity index (χ1n) is 7.86. The van der Waals surface area contributed by atoms with Crippen molar-refractivity contribution in [2.45, 2.75) is 64.6 Å². The van der Waals surface area contributed by atoms with Crippen LogP contribution in [-0.4, -0.2) is 19.3 Å². The molecule has 1 saturated carbocycles. The minimum Gasteiger partial charge on any atom is -0.493 e. The van der Waals surface area contributed by atoms with Crippen LogP contribution >= 0.6 is 0 Å². The van der Waals surface area contributed by atoms with Crippen molar-refractivity contribution >= 4 is 0 Å². The van der Waals surface area contributed by atoms with Gasteiger partial charge in [0.15, 0.2) is 11.5 Å². The minimum absolute atomic E-state index is 0.170. The highest BCUT2D eigenvalue weighted by Crippen LogP contribution is 2.28. The topological polar surface area (TPSA) is 35.1 Å². The van der Waals surface area contributed by atoms with Gasteiger partial charge in [0.05, 0.1) is 19.3 Å². The number of ether oxygens (including phenoxy) is 2. The van der Waals surface area contributed by atoms with Crippen molar-refractivity contribution < 1.29 is 14.8 Å². The molecule has 0 aromatic heterocycles. The van der Waals surface area contributed by atoms with Crippen LogP contribution < -0.4 is 14.8 Å².